The normalized spacial score (nSPS) is 21.0. The number of carbonyl (C=O) groups is 1. The number of hydrogen-bond donors (Lipinski definition) is 1. The molecule has 1 aliphatic heterocycles. The molecule has 2 unspecified atom stereocenters. The molecule has 1 saturated carbocycles. The lowest BCUT2D eigenvalue weighted by molar-refractivity contribution is -0.117. The van der Waals surface area contributed by atoms with Crippen molar-refractivity contribution in [2.45, 2.75) is 51.4 Å². The molecule has 1 aliphatic carbocycles. The monoisotopic (exact) mass is 510 g/mol. The molecule has 194 valence electrons. The molecule has 0 radical (unpaired) electrons. The van der Waals surface area contributed by atoms with E-state index >= 15 is 0 Å². The largest absolute Gasteiger partial charge is 0.493 e. The standard InChI is InChI=1S/C30H39ClN2O3/c1-5-6-26(22-16-23(18-24(31)17-22)27-15-21(27)3)30(34)32-25-7-8-28(35-4)29(19-25)36-14-13-33-11-9-20(2)10-12-33/h5,7-8,16-21,26-27H,1,6,9-15H2,2-4H3,(H,32,34)/t21?,26?,27-/m1/s1. The maximum absolute atomic E-state index is 13.4. The quantitative estimate of drug-likeness (QED) is 0.335. The summed E-state index contributed by atoms with van der Waals surface area (Å²) in [6, 6.07) is 11.6. The van der Waals surface area contributed by atoms with Gasteiger partial charge in [0.2, 0.25) is 5.91 Å². The minimum absolute atomic E-state index is 0.0921. The number of likely N-dealkylation sites (tertiary alicyclic amines) is 1. The maximum atomic E-state index is 13.4. The summed E-state index contributed by atoms with van der Waals surface area (Å²) < 4.78 is 11.6. The lowest BCUT2D eigenvalue weighted by atomic mass is 9.92. The third kappa shape index (κ3) is 6.83. The van der Waals surface area contributed by atoms with E-state index in [-0.39, 0.29) is 11.8 Å². The number of methoxy groups -OCH3 is 1. The molecule has 1 heterocycles. The molecule has 36 heavy (non-hydrogen) atoms. The molecule has 5 nitrogen and oxygen atoms in total. The summed E-state index contributed by atoms with van der Waals surface area (Å²) in [5, 5.41) is 3.75. The van der Waals surface area contributed by atoms with Gasteiger partial charge >= 0.3 is 0 Å². The van der Waals surface area contributed by atoms with Crippen molar-refractivity contribution in [3.8, 4) is 11.5 Å². The fourth-order valence-corrected chi connectivity index (χ4v) is 5.32. The molecule has 3 atom stereocenters. The number of nitrogens with zero attached hydrogens (tertiary/aromatic N) is 1. The van der Waals surface area contributed by atoms with Gasteiger partial charge in [-0.05, 0) is 91.9 Å². The van der Waals surface area contributed by atoms with Gasteiger partial charge in [-0.2, -0.15) is 0 Å². The first-order valence-corrected chi connectivity index (χ1v) is 13.5. The molecule has 1 N–H and O–H groups in total. The van der Waals surface area contributed by atoms with Crippen molar-refractivity contribution in [3.05, 3.63) is 65.2 Å². The third-order valence-corrected chi connectivity index (χ3v) is 7.79. The van der Waals surface area contributed by atoms with Gasteiger partial charge < -0.3 is 14.8 Å². The summed E-state index contributed by atoms with van der Waals surface area (Å²) in [7, 11) is 1.63. The Morgan fingerprint density at radius 2 is 1.94 bits per heavy atom. The van der Waals surface area contributed by atoms with Crippen LogP contribution in [0.4, 0.5) is 5.69 Å². The number of rotatable bonds is 11. The molecule has 1 amide bonds. The maximum Gasteiger partial charge on any atom is 0.232 e. The summed E-state index contributed by atoms with van der Waals surface area (Å²) in [6.45, 7) is 12.1. The van der Waals surface area contributed by atoms with Crippen LogP contribution >= 0.6 is 11.6 Å². The van der Waals surface area contributed by atoms with Crippen molar-refractivity contribution in [2.24, 2.45) is 11.8 Å². The Morgan fingerprint density at radius 1 is 1.19 bits per heavy atom. The van der Waals surface area contributed by atoms with Gasteiger partial charge in [0, 0.05) is 23.3 Å². The number of amides is 1. The van der Waals surface area contributed by atoms with E-state index in [4.69, 9.17) is 21.1 Å². The number of hydrogen-bond acceptors (Lipinski definition) is 4. The molecule has 6 heteroatoms. The first-order chi connectivity index (χ1) is 17.4. The van der Waals surface area contributed by atoms with E-state index in [1.165, 1.54) is 24.8 Å². The molecule has 0 bridgehead atoms. The summed E-state index contributed by atoms with van der Waals surface area (Å²) in [5.74, 6) is 2.83. The smallest absolute Gasteiger partial charge is 0.232 e. The van der Waals surface area contributed by atoms with E-state index in [0.717, 1.165) is 31.1 Å². The number of anilines is 1. The van der Waals surface area contributed by atoms with Crippen molar-refractivity contribution < 1.29 is 14.3 Å². The summed E-state index contributed by atoms with van der Waals surface area (Å²) >= 11 is 6.45. The van der Waals surface area contributed by atoms with Gasteiger partial charge in [0.25, 0.3) is 0 Å². The SMILES string of the molecule is C=CCC(C(=O)Nc1ccc(OC)c(OCCN2CCC(C)CC2)c1)c1cc(Cl)cc([C@@H]2CC2C)c1. The number of piperidine rings is 1. The van der Waals surface area contributed by atoms with Crippen LogP contribution in [0.1, 0.15) is 62.5 Å². The molecule has 0 aromatic heterocycles. The number of carbonyl (C=O) groups excluding carboxylic acids is 1. The van der Waals surface area contributed by atoms with Crippen LogP contribution in [0, 0.1) is 11.8 Å². The van der Waals surface area contributed by atoms with Crippen molar-refractivity contribution >= 4 is 23.2 Å². The lowest BCUT2D eigenvalue weighted by Crippen LogP contribution is -2.35. The van der Waals surface area contributed by atoms with Crippen molar-refractivity contribution in [2.75, 3.05) is 38.7 Å². The van der Waals surface area contributed by atoms with Gasteiger partial charge in [0.05, 0.1) is 13.0 Å². The summed E-state index contributed by atoms with van der Waals surface area (Å²) in [5.41, 5.74) is 2.82. The van der Waals surface area contributed by atoms with Gasteiger partial charge in [-0.1, -0.05) is 37.6 Å². The van der Waals surface area contributed by atoms with Crippen LogP contribution in [0.2, 0.25) is 5.02 Å². The molecular weight excluding hydrogens is 472 g/mol. The van der Waals surface area contributed by atoms with Gasteiger partial charge in [-0.3, -0.25) is 9.69 Å². The van der Waals surface area contributed by atoms with Gasteiger partial charge in [0.1, 0.15) is 6.61 Å². The predicted octanol–water partition coefficient (Wildman–Crippen LogP) is 6.88. The second-order valence-electron chi connectivity index (χ2n) is 10.4. The van der Waals surface area contributed by atoms with Crippen LogP contribution < -0.4 is 14.8 Å². The minimum Gasteiger partial charge on any atom is -0.493 e. The predicted molar refractivity (Wildman–Crippen MR) is 147 cm³/mol. The summed E-state index contributed by atoms with van der Waals surface area (Å²) in [6.07, 6.45) is 5.97. The van der Waals surface area contributed by atoms with Gasteiger partial charge in [-0.25, -0.2) is 0 Å². The molecule has 2 aromatic carbocycles. The molecular formula is C30H39ClN2O3. The number of nitrogens with one attached hydrogen (secondary N) is 1. The van der Waals surface area contributed by atoms with E-state index in [1.54, 1.807) is 13.2 Å². The Balaban J connectivity index is 1.43. The number of halogens is 1. The molecule has 2 aromatic rings. The highest BCUT2D eigenvalue weighted by atomic mass is 35.5. The van der Waals surface area contributed by atoms with Crippen molar-refractivity contribution in [1.29, 1.82) is 0 Å². The Bertz CT molecular complexity index is 1060. The van der Waals surface area contributed by atoms with Crippen LogP contribution in [-0.4, -0.2) is 44.2 Å². The number of allylic oxidation sites excluding steroid dienone is 1. The Labute approximate surface area is 220 Å². The average molecular weight is 511 g/mol. The second kappa shape index (κ2) is 12.2. The van der Waals surface area contributed by atoms with E-state index in [1.807, 2.05) is 30.3 Å². The second-order valence-corrected chi connectivity index (χ2v) is 10.9. The van der Waals surface area contributed by atoms with Crippen molar-refractivity contribution in [1.82, 2.24) is 4.90 Å². The van der Waals surface area contributed by atoms with E-state index < -0.39 is 0 Å². The zero-order valence-electron chi connectivity index (χ0n) is 21.8. The van der Waals surface area contributed by atoms with E-state index in [2.05, 4.69) is 36.7 Å². The fraction of sp³-hybridized carbons (Fsp3) is 0.500. The molecule has 0 spiro atoms. The number of ether oxygens (including phenoxy) is 2. The van der Waals surface area contributed by atoms with Gasteiger partial charge in [0.15, 0.2) is 11.5 Å². The van der Waals surface area contributed by atoms with Gasteiger partial charge in [-0.15, -0.1) is 6.58 Å². The van der Waals surface area contributed by atoms with Crippen LogP contribution in [-0.2, 0) is 4.79 Å². The fourth-order valence-electron chi connectivity index (χ4n) is 5.07. The van der Waals surface area contributed by atoms with E-state index in [9.17, 15) is 4.79 Å². The van der Waals surface area contributed by atoms with Crippen LogP contribution in [0.25, 0.3) is 0 Å². The molecule has 4 rings (SSSR count). The lowest BCUT2D eigenvalue weighted by Gasteiger charge is -2.30. The topological polar surface area (TPSA) is 50.8 Å². The Kier molecular flexibility index (Phi) is 8.97. The number of benzene rings is 2. The first kappa shape index (κ1) is 26.6. The van der Waals surface area contributed by atoms with Crippen LogP contribution in [0.15, 0.2) is 49.1 Å². The zero-order valence-corrected chi connectivity index (χ0v) is 22.5. The van der Waals surface area contributed by atoms with E-state index in [0.29, 0.717) is 47.1 Å². The summed E-state index contributed by atoms with van der Waals surface area (Å²) in [4.78, 5) is 15.9. The first-order valence-electron chi connectivity index (χ1n) is 13.1. The minimum atomic E-state index is -0.373. The average Bonchev–Trinajstić information content (AvgIpc) is 3.60. The zero-order chi connectivity index (χ0) is 25.7. The van der Waals surface area contributed by atoms with Crippen LogP contribution in [0.5, 0.6) is 11.5 Å². The third-order valence-electron chi connectivity index (χ3n) is 7.57. The Hall–Kier alpha value is -2.50. The molecule has 1 saturated heterocycles. The Morgan fingerprint density at radius 3 is 2.61 bits per heavy atom. The van der Waals surface area contributed by atoms with Crippen LogP contribution in [0.3, 0.4) is 0 Å². The van der Waals surface area contributed by atoms with Crippen molar-refractivity contribution in [3.63, 3.8) is 0 Å². The molecule has 2 aliphatic rings. The molecule has 2 fully saturated rings. The highest BCUT2D eigenvalue weighted by Crippen LogP contribution is 2.48. The highest BCUT2D eigenvalue weighted by Gasteiger charge is 2.35. The highest BCUT2D eigenvalue weighted by molar-refractivity contribution is 6.30.